The zero-order valence-electron chi connectivity index (χ0n) is 16.9. The van der Waals surface area contributed by atoms with E-state index in [1.165, 1.54) is 0 Å². The maximum atomic E-state index is 11.8. The van der Waals surface area contributed by atoms with Crippen molar-refractivity contribution in [2.24, 2.45) is 5.92 Å². The van der Waals surface area contributed by atoms with E-state index in [1.807, 2.05) is 34.6 Å². The number of carbonyl (C=O) groups is 1. The molecule has 0 radical (unpaired) electrons. The molecule has 0 aliphatic carbocycles. The number of fused-ring (bicyclic) bond motifs is 1. The highest BCUT2D eigenvalue weighted by Crippen LogP contribution is 2.30. The number of methoxy groups -OCH3 is 1. The number of aromatic nitrogens is 3. The second kappa shape index (κ2) is 8.60. The number of rotatable bonds is 8. The summed E-state index contributed by atoms with van der Waals surface area (Å²) in [6.45, 7) is 8.02. The van der Waals surface area contributed by atoms with Crippen molar-refractivity contribution in [3.8, 4) is 11.5 Å². The largest absolute Gasteiger partial charge is 0.493 e. The maximum Gasteiger partial charge on any atom is 0.322 e. The minimum atomic E-state index is -0.847. The van der Waals surface area contributed by atoms with E-state index in [0.717, 1.165) is 23.6 Å². The number of benzene rings is 1. The van der Waals surface area contributed by atoms with Gasteiger partial charge in [0.25, 0.3) is 0 Å². The number of hydrogen-bond acceptors (Lipinski definition) is 6. The van der Waals surface area contributed by atoms with Crippen molar-refractivity contribution in [3.63, 3.8) is 0 Å². The number of carboxylic acid groups (broad SMARTS) is 1. The van der Waals surface area contributed by atoms with Crippen LogP contribution in [0.2, 0.25) is 0 Å². The van der Waals surface area contributed by atoms with Gasteiger partial charge in [0.2, 0.25) is 0 Å². The molecule has 0 saturated heterocycles. The van der Waals surface area contributed by atoms with E-state index in [0.29, 0.717) is 43.7 Å². The van der Waals surface area contributed by atoms with Crippen molar-refractivity contribution in [2.75, 3.05) is 13.7 Å². The normalized spacial score (nSPS) is 16.8. The number of ether oxygens (including phenoxy) is 2. The Bertz CT molecular complexity index is 834. The molecule has 1 N–H and O–H groups in total. The van der Waals surface area contributed by atoms with E-state index in [9.17, 15) is 9.90 Å². The molecule has 1 unspecified atom stereocenters. The summed E-state index contributed by atoms with van der Waals surface area (Å²) in [6.07, 6.45) is 0.954. The van der Waals surface area contributed by atoms with Gasteiger partial charge in [-0.2, -0.15) is 0 Å². The Morgan fingerprint density at radius 1 is 1.32 bits per heavy atom. The number of nitrogens with zero attached hydrogens (tertiary/aromatic N) is 4. The van der Waals surface area contributed by atoms with Crippen LogP contribution in [0.4, 0.5) is 0 Å². The maximum absolute atomic E-state index is 11.8. The number of carboxylic acids is 1. The fourth-order valence-corrected chi connectivity index (χ4v) is 3.33. The van der Waals surface area contributed by atoms with Crippen molar-refractivity contribution in [3.05, 3.63) is 35.4 Å². The first-order valence-electron chi connectivity index (χ1n) is 9.54. The van der Waals surface area contributed by atoms with E-state index in [2.05, 4.69) is 24.0 Å². The molecule has 1 aromatic heterocycles. The molecular formula is C20H28N4O4. The van der Waals surface area contributed by atoms with Crippen LogP contribution in [-0.2, 0) is 24.4 Å². The summed E-state index contributed by atoms with van der Waals surface area (Å²) in [7, 11) is 1.62. The Labute approximate surface area is 165 Å². The number of hydrogen-bond donors (Lipinski definition) is 1. The quantitative estimate of drug-likeness (QED) is 0.743. The number of aliphatic carboxylic acids is 1. The molecule has 0 fully saturated rings. The van der Waals surface area contributed by atoms with Gasteiger partial charge >= 0.3 is 5.97 Å². The van der Waals surface area contributed by atoms with Gasteiger partial charge in [0, 0.05) is 6.54 Å². The molecule has 0 amide bonds. The molecule has 0 bridgehead atoms. The molecule has 1 aromatic carbocycles. The molecule has 1 atom stereocenters. The first-order chi connectivity index (χ1) is 13.4. The van der Waals surface area contributed by atoms with E-state index in [-0.39, 0.29) is 0 Å². The Hall–Kier alpha value is -2.61. The van der Waals surface area contributed by atoms with Gasteiger partial charge in [0.1, 0.15) is 17.7 Å². The minimum Gasteiger partial charge on any atom is -0.493 e. The molecule has 8 nitrogen and oxygen atoms in total. The third-order valence-corrected chi connectivity index (χ3v) is 5.00. The van der Waals surface area contributed by atoms with Crippen LogP contribution in [0.3, 0.4) is 0 Å². The van der Waals surface area contributed by atoms with Crippen molar-refractivity contribution in [2.45, 2.75) is 52.9 Å². The van der Waals surface area contributed by atoms with Crippen LogP contribution in [0, 0.1) is 12.8 Å². The lowest BCUT2D eigenvalue weighted by Crippen LogP contribution is -2.47. The van der Waals surface area contributed by atoms with Crippen LogP contribution in [0.15, 0.2) is 18.2 Å². The monoisotopic (exact) mass is 388 g/mol. The van der Waals surface area contributed by atoms with E-state index < -0.39 is 12.0 Å². The summed E-state index contributed by atoms with van der Waals surface area (Å²) in [4.78, 5) is 13.7. The van der Waals surface area contributed by atoms with Crippen LogP contribution in [0.5, 0.6) is 11.5 Å². The second-order valence-corrected chi connectivity index (χ2v) is 7.55. The van der Waals surface area contributed by atoms with E-state index in [1.54, 1.807) is 7.11 Å². The molecular weight excluding hydrogens is 360 g/mol. The molecule has 2 aromatic rings. The predicted octanol–water partition coefficient (Wildman–Crippen LogP) is 2.49. The fourth-order valence-electron chi connectivity index (χ4n) is 3.33. The smallest absolute Gasteiger partial charge is 0.322 e. The predicted molar refractivity (Wildman–Crippen MR) is 103 cm³/mol. The second-order valence-electron chi connectivity index (χ2n) is 7.55. The van der Waals surface area contributed by atoms with Gasteiger partial charge in [0.05, 0.1) is 26.8 Å². The molecule has 0 spiro atoms. The van der Waals surface area contributed by atoms with Crippen LogP contribution in [0.25, 0.3) is 0 Å². The van der Waals surface area contributed by atoms with E-state index in [4.69, 9.17) is 9.47 Å². The lowest BCUT2D eigenvalue weighted by atomic mass is 10.1. The minimum absolute atomic E-state index is 0.345. The Morgan fingerprint density at radius 3 is 2.79 bits per heavy atom. The number of aryl methyl sites for hydroxylation is 1. The molecule has 1 aliphatic rings. The summed E-state index contributed by atoms with van der Waals surface area (Å²) in [5, 5.41) is 18.0. The average Bonchev–Trinajstić information content (AvgIpc) is 3.01. The Kier molecular flexibility index (Phi) is 6.18. The van der Waals surface area contributed by atoms with E-state index >= 15 is 0 Å². The summed E-state index contributed by atoms with van der Waals surface area (Å²) < 4.78 is 13.2. The van der Waals surface area contributed by atoms with Crippen molar-refractivity contribution >= 4 is 5.97 Å². The van der Waals surface area contributed by atoms with Gasteiger partial charge in [-0.3, -0.25) is 9.69 Å². The molecule has 1 aliphatic heterocycles. The zero-order valence-corrected chi connectivity index (χ0v) is 16.9. The Balaban J connectivity index is 1.78. The first kappa shape index (κ1) is 20.1. The third kappa shape index (κ3) is 4.44. The molecule has 0 saturated carbocycles. The third-order valence-electron chi connectivity index (χ3n) is 5.00. The molecule has 8 heteroatoms. The van der Waals surface area contributed by atoms with Crippen molar-refractivity contribution in [1.82, 2.24) is 19.7 Å². The fraction of sp³-hybridized carbons (Fsp3) is 0.550. The highest BCUT2D eigenvalue weighted by atomic mass is 16.5. The van der Waals surface area contributed by atoms with Gasteiger partial charge in [-0.1, -0.05) is 19.9 Å². The topological polar surface area (TPSA) is 89.7 Å². The lowest BCUT2D eigenvalue weighted by molar-refractivity contribution is -0.145. The SMILES string of the molecule is COc1ccc(CN2Cc3nnc(C)n3CC2C(=O)O)cc1OCCC(C)C. The van der Waals surface area contributed by atoms with Gasteiger partial charge in [0.15, 0.2) is 11.5 Å². The average molecular weight is 388 g/mol. The standard InChI is InChI=1S/C20H28N4O4/c1-13(2)7-8-28-18-9-15(5-6-17(18)27-4)10-23-12-19-22-21-14(3)24(19)11-16(23)20(25)26/h5-6,9,13,16H,7-8,10-12H2,1-4H3,(H,25,26). The van der Waals surface area contributed by atoms with Crippen molar-refractivity contribution in [1.29, 1.82) is 0 Å². The first-order valence-corrected chi connectivity index (χ1v) is 9.54. The summed E-state index contributed by atoms with van der Waals surface area (Å²) in [5.74, 6) is 2.60. The molecule has 28 heavy (non-hydrogen) atoms. The summed E-state index contributed by atoms with van der Waals surface area (Å²) in [5.41, 5.74) is 0.969. The highest BCUT2D eigenvalue weighted by molar-refractivity contribution is 5.73. The van der Waals surface area contributed by atoms with Gasteiger partial charge in [-0.05, 0) is 37.0 Å². The summed E-state index contributed by atoms with van der Waals surface area (Å²) in [6, 6.07) is 5.11. The lowest BCUT2D eigenvalue weighted by Gasteiger charge is -2.33. The van der Waals surface area contributed by atoms with Gasteiger partial charge in [-0.25, -0.2) is 0 Å². The van der Waals surface area contributed by atoms with Crippen LogP contribution in [0.1, 0.15) is 37.5 Å². The van der Waals surface area contributed by atoms with Gasteiger partial charge in [-0.15, -0.1) is 10.2 Å². The Morgan fingerprint density at radius 2 is 2.11 bits per heavy atom. The zero-order chi connectivity index (χ0) is 20.3. The van der Waals surface area contributed by atoms with Crippen LogP contribution in [-0.4, -0.2) is 50.5 Å². The van der Waals surface area contributed by atoms with Crippen LogP contribution < -0.4 is 9.47 Å². The summed E-state index contributed by atoms with van der Waals surface area (Å²) >= 11 is 0. The van der Waals surface area contributed by atoms with Crippen LogP contribution >= 0.6 is 0 Å². The molecule has 3 rings (SSSR count). The molecule has 2 heterocycles. The highest BCUT2D eigenvalue weighted by Gasteiger charge is 2.33. The van der Waals surface area contributed by atoms with Gasteiger partial charge < -0.3 is 19.1 Å². The molecule has 152 valence electrons. The van der Waals surface area contributed by atoms with Crippen molar-refractivity contribution < 1.29 is 19.4 Å².